The van der Waals surface area contributed by atoms with E-state index in [9.17, 15) is 4.79 Å². The highest BCUT2D eigenvalue weighted by Crippen LogP contribution is 2.36. The molecule has 1 aliphatic rings. The quantitative estimate of drug-likeness (QED) is 0.774. The van der Waals surface area contributed by atoms with Gasteiger partial charge in [0.25, 0.3) is 5.91 Å². The summed E-state index contributed by atoms with van der Waals surface area (Å²) < 4.78 is 5.19. The molecule has 1 aliphatic heterocycles. The molecule has 1 N–H and O–H groups in total. The first kappa shape index (κ1) is 16.4. The van der Waals surface area contributed by atoms with Crippen LogP contribution in [-0.4, -0.2) is 17.6 Å². The van der Waals surface area contributed by atoms with Crippen LogP contribution in [0.1, 0.15) is 28.6 Å². The smallest absolute Gasteiger partial charge is 0.251 e. The maximum Gasteiger partial charge on any atom is 0.251 e. The van der Waals surface area contributed by atoms with Crippen LogP contribution in [-0.2, 0) is 11.2 Å². The maximum absolute atomic E-state index is 13.3. The van der Waals surface area contributed by atoms with Crippen molar-refractivity contribution in [3.05, 3.63) is 77.2 Å². The topological polar surface area (TPSA) is 58.4 Å². The summed E-state index contributed by atoms with van der Waals surface area (Å²) in [5, 5.41) is 6.96. The highest BCUT2D eigenvalue weighted by atomic mass is 16.5. The predicted molar refractivity (Wildman–Crippen MR) is 101 cm³/mol. The molecule has 5 heteroatoms. The number of nitrogens with one attached hydrogen (secondary N) is 1. The van der Waals surface area contributed by atoms with Gasteiger partial charge in [0.1, 0.15) is 17.4 Å². The van der Waals surface area contributed by atoms with Gasteiger partial charge in [0, 0.05) is 12.2 Å². The zero-order valence-corrected chi connectivity index (χ0v) is 14.9. The van der Waals surface area contributed by atoms with Crippen LogP contribution in [0.5, 0.6) is 0 Å². The van der Waals surface area contributed by atoms with Gasteiger partial charge in [-0.1, -0.05) is 53.7 Å². The average molecular weight is 347 g/mol. The molecule has 26 heavy (non-hydrogen) atoms. The van der Waals surface area contributed by atoms with Crippen molar-refractivity contribution in [2.24, 2.45) is 0 Å². The van der Waals surface area contributed by atoms with Gasteiger partial charge < -0.3 is 14.7 Å². The fourth-order valence-corrected chi connectivity index (χ4v) is 3.59. The maximum atomic E-state index is 13.3. The van der Waals surface area contributed by atoms with E-state index in [2.05, 4.69) is 27.5 Å². The van der Waals surface area contributed by atoms with Crippen molar-refractivity contribution in [1.82, 2.24) is 5.16 Å². The second kappa shape index (κ2) is 6.67. The Bertz CT molecular complexity index is 914. The summed E-state index contributed by atoms with van der Waals surface area (Å²) in [6, 6.07) is 17.8. The Hall–Kier alpha value is -3.08. The number of aromatic nitrogens is 1. The third-order valence-electron chi connectivity index (χ3n) is 4.88. The molecule has 132 valence electrons. The summed E-state index contributed by atoms with van der Waals surface area (Å²) in [5.74, 6) is 0.534. The number of anilines is 2. The highest BCUT2D eigenvalue weighted by Gasteiger charge is 2.33. The van der Waals surface area contributed by atoms with E-state index in [1.165, 1.54) is 5.56 Å². The summed E-state index contributed by atoms with van der Waals surface area (Å²) in [6.45, 7) is 4.45. The second-order valence-electron chi connectivity index (χ2n) is 6.57. The number of aryl methyl sites for hydroxylation is 2. The van der Waals surface area contributed by atoms with Gasteiger partial charge >= 0.3 is 0 Å². The lowest BCUT2D eigenvalue weighted by Gasteiger charge is -2.29. The zero-order valence-electron chi connectivity index (χ0n) is 14.9. The Balaban J connectivity index is 1.72. The molecule has 0 saturated carbocycles. The molecule has 0 unspecified atom stereocenters. The van der Waals surface area contributed by atoms with E-state index in [1.807, 2.05) is 49.4 Å². The normalized spacial score (nSPS) is 14.2. The van der Waals surface area contributed by atoms with Gasteiger partial charge in [-0.25, -0.2) is 0 Å². The van der Waals surface area contributed by atoms with Crippen molar-refractivity contribution in [1.29, 1.82) is 0 Å². The number of carbonyl (C=O) groups is 1. The van der Waals surface area contributed by atoms with Gasteiger partial charge in [-0.15, -0.1) is 0 Å². The minimum absolute atomic E-state index is 0.0812. The monoisotopic (exact) mass is 347 g/mol. The summed E-state index contributed by atoms with van der Waals surface area (Å²) in [4.78, 5) is 15.5. The molecule has 0 fully saturated rings. The van der Waals surface area contributed by atoms with Crippen molar-refractivity contribution in [3.8, 4) is 0 Å². The predicted octanol–water partition coefficient (Wildman–Crippen LogP) is 4.03. The average Bonchev–Trinajstić information content (AvgIpc) is 3.22. The summed E-state index contributed by atoms with van der Waals surface area (Å²) >= 11 is 0. The number of hydrogen-bond acceptors (Lipinski definition) is 4. The Kier molecular flexibility index (Phi) is 4.21. The molecule has 4 rings (SSSR count). The molecular weight excluding hydrogens is 326 g/mol. The van der Waals surface area contributed by atoms with Crippen molar-refractivity contribution in [2.75, 3.05) is 16.8 Å². The van der Waals surface area contributed by atoms with Crippen molar-refractivity contribution >= 4 is 17.3 Å². The van der Waals surface area contributed by atoms with Crippen molar-refractivity contribution < 1.29 is 9.32 Å². The third kappa shape index (κ3) is 2.86. The third-order valence-corrected chi connectivity index (χ3v) is 4.88. The fraction of sp³-hybridized carbons (Fsp3) is 0.238. The molecule has 2 heterocycles. The van der Waals surface area contributed by atoms with Crippen LogP contribution in [0.15, 0.2) is 59.1 Å². The highest BCUT2D eigenvalue weighted by molar-refractivity contribution is 5.98. The number of hydrogen-bond donors (Lipinski definition) is 1. The first-order valence-corrected chi connectivity index (χ1v) is 8.78. The van der Waals surface area contributed by atoms with Gasteiger partial charge in [0.15, 0.2) is 5.76 Å². The lowest BCUT2D eigenvalue weighted by atomic mass is 10.0. The van der Waals surface area contributed by atoms with Crippen LogP contribution in [0.3, 0.4) is 0 Å². The Morgan fingerprint density at radius 2 is 1.85 bits per heavy atom. The first-order valence-electron chi connectivity index (χ1n) is 8.78. The first-order chi connectivity index (χ1) is 12.6. The van der Waals surface area contributed by atoms with Gasteiger partial charge in [0.2, 0.25) is 0 Å². The van der Waals surface area contributed by atoms with E-state index in [0.717, 1.165) is 24.2 Å². The largest absolute Gasteiger partial charge is 0.359 e. The minimum Gasteiger partial charge on any atom is -0.359 e. The number of benzene rings is 2. The van der Waals surface area contributed by atoms with Gasteiger partial charge in [-0.05, 0) is 37.5 Å². The number of amides is 1. The molecule has 0 saturated heterocycles. The fourth-order valence-electron chi connectivity index (χ4n) is 3.59. The second-order valence-corrected chi connectivity index (χ2v) is 6.57. The molecule has 0 aliphatic carbocycles. The van der Waals surface area contributed by atoms with Gasteiger partial charge in [0.05, 0.1) is 0 Å². The molecule has 5 nitrogen and oxygen atoms in total. The molecule has 2 aromatic carbocycles. The van der Waals surface area contributed by atoms with E-state index in [-0.39, 0.29) is 5.91 Å². The van der Waals surface area contributed by atoms with Crippen LogP contribution in [0.25, 0.3) is 0 Å². The van der Waals surface area contributed by atoms with Crippen LogP contribution in [0.4, 0.5) is 11.4 Å². The Morgan fingerprint density at radius 1 is 1.12 bits per heavy atom. The molecule has 3 aromatic rings. The SMILES string of the molecule is Cc1noc(C)c1NC(=O)[C@H](c1ccccc1)N1CCc2ccccc21. The van der Waals surface area contributed by atoms with Crippen LogP contribution in [0, 0.1) is 13.8 Å². The lowest BCUT2D eigenvalue weighted by molar-refractivity contribution is -0.117. The van der Waals surface area contributed by atoms with Crippen LogP contribution in [0.2, 0.25) is 0 Å². The lowest BCUT2D eigenvalue weighted by Crippen LogP contribution is -2.36. The van der Waals surface area contributed by atoms with Crippen molar-refractivity contribution in [3.63, 3.8) is 0 Å². The molecule has 1 aromatic heterocycles. The van der Waals surface area contributed by atoms with Crippen LogP contribution >= 0.6 is 0 Å². The molecule has 1 atom stereocenters. The molecule has 0 bridgehead atoms. The minimum atomic E-state index is -0.409. The number of fused-ring (bicyclic) bond motifs is 1. The van der Waals surface area contributed by atoms with E-state index in [0.29, 0.717) is 17.1 Å². The molecular formula is C21H21N3O2. The summed E-state index contributed by atoms with van der Waals surface area (Å²) in [5.41, 5.74) is 4.70. The molecule has 0 spiro atoms. The number of para-hydroxylation sites is 1. The van der Waals surface area contributed by atoms with Crippen LogP contribution < -0.4 is 10.2 Å². The molecule has 1 amide bonds. The standard InChI is InChI=1S/C21H21N3O2/c1-14-19(15(2)26-23-14)22-21(25)20(17-9-4-3-5-10-17)24-13-12-16-8-6-7-11-18(16)24/h3-11,20H,12-13H2,1-2H3,(H,22,25)/t20-/m0/s1. The molecule has 0 radical (unpaired) electrons. The van der Waals surface area contributed by atoms with E-state index < -0.39 is 6.04 Å². The van der Waals surface area contributed by atoms with Gasteiger partial charge in [-0.2, -0.15) is 0 Å². The summed E-state index contributed by atoms with van der Waals surface area (Å²) in [7, 11) is 0. The van der Waals surface area contributed by atoms with E-state index in [1.54, 1.807) is 6.92 Å². The van der Waals surface area contributed by atoms with Gasteiger partial charge in [-0.3, -0.25) is 4.79 Å². The number of rotatable bonds is 4. The zero-order chi connectivity index (χ0) is 18.1. The summed E-state index contributed by atoms with van der Waals surface area (Å²) in [6.07, 6.45) is 0.943. The Labute approximate surface area is 152 Å². The van der Waals surface area contributed by atoms with E-state index in [4.69, 9.17) is 4.52 Å². The van der Waals surface area contributed by atoms with E-state index >= 15 is 0 Å². The number of nitrogens with zero attached hydrogens (tertiary/aromatic N) is 2. The Morgan fingerprint density at radius 3 is 2.58 bits per heavy atom. The number of carbonyl (C=O) groups excluding carboxylic acids is 1. The van der Waals surface area contributed by atoms with Crippen molar-refractivity contribution in [2.45, 2.75) is 26.3 Å².